The van der Waals surface area contributed by atoms with E-state index in [0.29, 0.717) is 0 Å². The predicted octanol–water partition coefficient (Wildman–Crippen LogP) is 0.686. The molecule has 0 spiro atoms. The molecule has 7 nitrogen and oxygen atoms in total. The van der Waals surface area contributed by atoms with E-state index in [4.69, 9.17) is 11.6 Å². The van der Waals surface area contributed by atoms with Gasteiger partial charge in [0.2, 0.25) is 0 Å². The molecule has 0 aliphatic rings. The molecule has 0 N–H and O–H groups in total. The fourth-order valence-corrected chi connectivity index (χ4v) is 1.01. The van der Waals surface area contributed by atoms with Crippen LogP contribution in [-0.4, -0.2) is 24.5 Å². The quantitative estimate of drug-likeness (QED) is 0.498. The fraction of sp³-hybridized carbons (Fsp3) is 0. The second kappa shape index (κ2) is 2.63. The van der Waals surface area contributed by atoms with Gasteiger partial charge < -0.3 is 10.1 Å². The molecule has 0 aliphatic carbocycles. The molecule has 0 bridgehead atoms. The van der Waals surface area contributed by atoms with Crippen molar-refractivity contribution < 1.29 is 4.92 Å². The SMILES string of the molecule is O=[N+]([O-])c1cnc2cnc(Cl)nn12. The molecule has 2 aromatic heterocycles. The average molecular weight is 200 g/mol. The first-order valence-corrected chi connectivity index (χ1v) is 3.57. The second-order valence-electron chi connectivity index (χ2n) is 2.17. The van der Waals surface area contributed by atoms with Crippen LogP contribution in [0.15, 0.2) is 12.4 Å². The summed E-state index contributed by atoms with van der Waals surface area (Å²) in [5.74, 6) is -0.237. The molecule has 2 aromatic rings. The second-order valence-corrected chi connectivity index (χ2v) is 2.51. The highest BCUT2D eigenvalue weighted by Crippen LogP contribution is 2.12. The zero-order valence-electron chi connectivity index (χ0n) is 6.09. The minimum atomic E-state index is -0.594. The maximum Gasteiger partial charge on any atom is 0.368 e. The van der Waals surface area contributed by atoms with Gasteiger partial charge in [-0.2, -0.15) is 0 Å². The largest absolute Gasteiger partial charge is 0.368 e. The van der Waals surface area contributed by atoms with E-state index in [2.05, 4.69) is 15.1 Å². The molecule has 0 amide bonds. The monoisotopic (exact) mass is 199 g/mol. The highest BCUT2D eigenvalue weighted by Gasteiger charge is 2.15. The van der Waals surface area contributed by atoms with Crippen molar-refractivity contribution in [2.45, 2.75) is 0 Å². The number of rotatable bonds is 1. The Morgan fingerprint density at radius 2 is 2.23 bits per heavy atom. The normalized spacial score (nSPS) is 10.5. The lowest BCUT2D eigenvalue weighted by Gasteiger charge is -1.90. The number of hydrogen-bond acceptors (Lipinski definition) is 5. The molecule has 0 fully saturated rings. The Bertz CT molecular complexity index is 481. The van der Waals surface area contributed by atoms with Gasteiger partial charge in [0.25, 0.3) is 10.9 Å². The fourth-order valence-electron chi connectivity index (χ4n) is 0.885. The standard InChI is InChI=1S/C5H2ClN5O2/c6-5-8-1-3-7-2-4(11(12)13)10(3)9-5/h1-2H. The van der Waals surface area contributed by atoms with E-state index < -0.39 is 4.92 Å². The Hall–Kier alpha value is -1.76. The molecule has 0 aromatic carbocycles. The molecule has 8 heteroatoms. The summed E-state index contributed by atoms with van der Waals surface area (Å²) in [5.41, 5.74) is 0.288. The van der Waals surface area contributed by atoms with Gasteiger partial charge in [0.05, 0.1) is 6.20 Å². The summed E-state index contributed by atoms with van der Waals surface area (Å²) < 4.78 is 1.02. The zero-order valence-corrected chi connectivity index (χ0v) is 6.84. The molecule has 13 heavy (non-hydrogen) atoms. The lowest BCUT2D eigenvalue weighted by Crippen LogP contribution is -1.99. The van der Waals surface area contributed by atoms with Crippen LogP contribution in [-0.2, 0) is 0 Å². The molecule has 2 heterocycles. The molecular formula is C5H2ClN5O2. The molecule has 0 unspecified atom stereocenters. The van der Waals surface area contributed by atoms with Gasteiger partial charge in [0.1, 0.15) is 6.20 Å². The first-order chi connectivity index (χ1) is 6.18. The molecule has 66 valence electrons. The van der Waals surface area contributed by atoms with Crippen LogP contribution in [0.25, 0.3) is 5.65 Å². The smallest absolute Gasteiger partial charge is 0.358 e. The van der Waals surface area contributed by atoms with Crippen molar-refractivity contribution in [3.63, 3.8) is 0 Å². The van der Waals surface area contributed by atoms with Gasteiger partial charge in [-0.1, -0.05) is 4.52 Å². The van der Waals surface area contributed by atoms with Crippen LogP contribution < -0.4 is 0 Å². The molecule has 2 rings (SSSR count). The summed E-state index contributed by atoms with van der Waals surface area (Å²) in [6.07, 6.45) is 2.41. The summed E-state index contributed by atoms with van der Waals surface area (Å²) in [6.45, 7) is 0. The van der Waals surface area contributed by atoms with E-state index in [1.165, 1.54) is 6.20 Å². The summed E-state index contributed by atoms with van der Waals surface area (Å²) in [6, 6.07) is 0. The van der Waals surface area contributed by atoms with Gasteiger partial charge in [-0.25, -0.2) is 9.97 Å². The van der Waals surface area contributed by atoms with Gasteiger partial charge in [-0.05, 0) is 21.6 Å². The average Bonchev–Trinajstić information content (AvgIpc) is 2.46. The first kappa shape index (κ1) is 7.87. The summed E-state index contributed by atoms with van der Waals surface area (Å²) in [7, 11) is 0. The van der Waals surface area contributed by atoms with Crippen molar-refractivity contribution in [2.24, 2.45) is 0 Å². The third-order valence-corrected chi connectivity index (χ3v) is 1.58. The van der Waals surface area contributed by atoms with Gasteiger partial charge in [-0.3, -0.25) is 0 Å². The number of aromatic nitrogens is 4. The van der Waals surface area contributed by atoms with E-state index in [-0.39, 0.29) is 16.7 Å². The summed E-state index contributed by atoms with van der Waals surface area (Å²) in [5, 5.41) is 14.0. The number of hydrogen-bond donors (Lipinski definition) is 0. The lowest BCUT2D eigenvalue weighted by atomic mass is 10.8. The molecule has 0 aliphatic heterocycles. The molecular weight excluding hydrogens is 198 g/mol. The van der Waals surface area contributed by atoms with Crippen LogP contribution in [0, 0.1) is 10.1 Å². The number of nitrogens with zero attached hydrogens (tertiary/aromatic N) is 5. The van der Waals surface area contributed by atoms with Crippen LogP contribution in [0.2, 0.25) is 5.28 Å². The molecule has 0 radical (unpaired) electrons. The van der Waals surface area contributed by atoms with Crippen LogP contribution >= 0.6 is 11.6 Å². The maximum atomic E-state index is 10.4. The van der Waals surface area contributed by atoms with Crippen molar-refractivity contribution >= 4 is 23.1 Å². The van der Waals surface area contributed by atoms with Crippen molar-refractivity contribution in [1.29, 1.82) is 0 Å². The molecule has 0 saturated heterocycles. The van der Waals surface area contributed by atoms with E-state index >= 15 is 0 Å². The zero-order chi connectivity index (χ0) is 9.42. The highest BCUT2D eigenvalue weighted by molar-refractivity contribution is 6.28. The molecule has 0 saturated carbocycles. The van der Waals surface area contributed by atoms with Crippen molar-refractivity contribution in [3.05, 3.63) is 27.8 Å². The topological polar surface area (TPSA) is 86.2 Å². The number of fused-ring (bicyclic) bond motifs is 1. The number of nitro groups is 1. The lowest BCUT2D eigenvalue weighted by molar-refractivity contribution is -0.391. The Morgan fingerprint density at radius 1 is 1.46 bits per heavy atom. The van der Waals surface area contributed by atoms with Crippen LogP contribution in [0.1, 0.15) is 0 Å². The Labute approximate surface area is 76.1 Å². The van der Waals surface area contributed by atoms with Crippen molar-refractivity contribution in [1.82, 2.24) is 19.6 Å². The number of imidazole rings is 1. The Balaban J connectivity index is 2.79. The van der Waals surface area contributed by atoms with Gasteiger partial charge in [0.15, 0.2) is 0 Å². The Kier molecular flexibility index (Phi) is 1.59. The van der Waals surface area contributed by atoms with E-state index in [9.17, 15) is 10.1 Å². The van der Waals surface area contributed by atoms with Gasteiger partial charge in [0, 0.05) is 0 Å². The highest BCUT2D eigenvalue weighted by atomic mass is 35.5. The van der Waals surface area contributed by atoms with E-state index in [0.717, 1.165) is 10.7 Å². The maximum absolute atomic E-state index is 10.4. The first-order valence-electron chi connectivity index (χ1n) is 3.19. The van der Waals surface area contributed by atoms with Crippen LogP contribution in [0.5, 0.6) is 0 Å². The van der Waals surface area contributed by atoms with Crippen LogP contribution in [0.4, 0.5) is 5.82 Å². The Morgan fingerprint density at radius 3 is 2.92 bits per heavy atom. The predicted molar refractivity (Wildman–Crippen MR) is 42.4 cm³/mol. The van der Waals surface area contributed by atoms with Gasteiger partial charge in [-0.15, -0.1) is 0 Å². The van der Waals surface area contributed by atoms with Crippen molar-refractivity contribution in [2.75, 3.05) is 0 Å². The molecule has 0 atom stereocenters. The summed E-state index contributed by atoms with van der Waals surface area (Å²) >= 11 is 5.46. The minimum Gasteiger partial charge on any atom is -0.358 e. The number of halogens is 1. The minimum absolute atomic E-state index is 0.0615. The summed E-state index contributed by atoms with van der Waals surface area (Å²) in [4.78, 5) is 17.2. The van der Waals surface area contributed by atoms with Crippen molar-refractivity contribution in [3.8, 4) is 0 Å². The third kappa shape index (κ3) is 1.18. The third-order valence-electron chi connectivity index (χ3n) is 1.40. The van der Waals surface area contributed by atoms with Crippen LogP contribution in [0.3, 0.4) is 0 Å². The van der Waals surface area contributed by atoms with E-state index in [1.54, 1.807) is 0 Å². The van der Waals surface area contributed by atoms with E-state index in [1.807, 2.05) is 0 Å². The van der Waals surface area contributed by atoms with Gasteiger partial charge >= 0.3 is 5.82 Å².